The summed E-state index contributed by atoms with van der Waals surface area (Å²) >= 11 is 0. The third kappa shape index (κ3) is 4.14. The lowest BCUT2D eigenvalue weighted by atomic mass is 10.1. The van der Waals surface area contributed by atoms with Gasteiger partial charge in [0, 0.05) is 44.7 Å². The molecule has 0 aliphatic carbocycles. The van der Waals surface area contributed by atoms with E-state index in [1.54, 1.807) is 0 Å². The minimum absolute atomic E-state index is 0.0231. The molecule has 0 atom stereocenters. The van der Waals surface area contributed by atoms with Gasteiger partial charge < -0.3 is 14.7 Å². The van der Waals surface area contributed by atoms with Gasteiger partial charge in [-0.1, -0.05) is 30.3 Å². The van der Waals surface area contributed by atoms with Crippen molar-refractivity contribution in [2.24, 2.45) is 0 Å². The van der Waals surface area contributed by atoms with Gasteiger partial charge in [0.05, 0.1) is 0 Å². The van der Waals surface area contributed by atoms with Crippen LogP contribution in [-0.4, -0.2) is 72.3 Å². The van der Waals surface area contributed by atoms with Gasteiger partial charge in [0.2, 0.25) is 5.91 Å². The highest BCUT2D eigenvalue weighted by molar-refractivity contribution is 5.98. The van der Waals surface area contributed by atoms with Gasteiger partial charge >= 0.3 is 0 Å². The van der Waals surface area contributed by atoms with Crippen LogP contribution in [0.4, 0.5) is 0 Å². The number of likely N-dealkylation sites (tertiary alicyclic amines) is 1. The van der Waals surface area contributed by atoms with E-state index in [1.165, 1.54) is 12.8 Å². The molecule has 142 valence electrons. The summed E-state index contributed by atoms with van der Waals surface area (Å²) in [5, 5.41) is 2.20. The summed E-state index contributed by atoms with van der Waals surface area (Å²) in [4.78, 5) is 31.6. The molecule has 0 unspecified atom stereocenters. The van der Waals surface area contributed by atoms with Crippen LogP contribution in [0.3, 0.4) is 0 Å². The molecule has 0 saturated carbocycles. The van der Waals surface area contributed by atoms with E-state index in [2.05, 4.69) is 4.90 Å². The first kappa shape index (κ1) is 18.0. The highest BCUT2D eigenvalue weighted by atomic mass is 16.2. The maximum atomic E-state index is 13.0. The zero-order valence-corrected chi connectivity index (χ0v) is 15.8. The van der Waals surface area contributed by atoms with E-state index < -0.39 is 0 Å². The largest absolute Gasteiger partial charge is 0.340 e. The summed E-state index contributed by atoms with van der Waals surface area (Å²) in [6, 6.07) is 13.9. The quantitative estimate of drug-likeness (QED) is 0.837. The SMILES string of the molecule is O=C1CCN(C(=O)c2ccc3ccccc3c2)CCN1CCN1CCCC1. The molecule has 27 heavy (non-hydrogen) atoms. The van der Waals surface area contributed by atoms with Gasteiger partial charge in [-0.2, -0.15) is 0 Å². The molecule has 4 rings (SSSR count). The second kappa shape index (κ2) is 8.09. The molecular weight excluding hydrogens is 338 g/mol. The van der Waals surface area contributed by atoms with Gasteiger partial charge in [0.25, 0.3) is 5.91 Å². The fraction of sp³-hybridized carbons (Fsp3) is 0.455. The lowest BCUT2D eigenvalue weighted by Gasteiger charge is -2.24. The van der Waals surface area contributed by atoms with Gasteiger partial charge in [-0.05, 0) is 48.8 Å². The Labute approximate surface area is 160 Å². The molecule has 2 saturated heterocycles. The standard InChI is InChI=1S/C22H27N3O2/c26-21-9-12-25(16-15-24(21)14-13-23-10-3-4-11-23)22(27)20-8-7-18-5-1-2-6-19(18)17-20/h1-2,5-8,17H,3-4,9-16H2. The first-order chi connectivity index (χ1) is 13.2. The molecule has 2 aliphatic heterocycles. The molecule has 2 aromatic carbocycles. The Bertz CT molecular complexity index is 829. The minimum atomic E-state index is 0.0231. The van der Waals surface area contributed by atoms with E-state index in [0.717, 1.165) is 37.0 Å². The number of hydrogen-bond donors (Lipinski definition) is 0. The van der Waals surface area contributed by atoms with Crippen molar-refractivity contribution in [3.05, 3.63) is 48.0 Å². The van der Waals surface area contributed by atoms with Crippen LogP contribution < -0.4 is 0 Å². The predicted octanol–water partition coefficient (Wildman–Crippen LogP) is 2.61. The van der Waals surface area contributed by atoms with Crippen LogP contribution in [0.1, 0.15) is 29.6 Å². The van der Waals surface area contributed by atoms with Gasteiger partial charge in [0.15, 0.2) is 0 Å². The second-order valence-corrected chi connectivity index (χ2v) is 7.53. The van der Waals surface area contributed by atoms with Crippen molar-refractivity contribution in [3.63, 3.8) is 0 Å². The average molecular weight is 365 g/mol. The van der Waals surface area contributed by atoms with Crippen LogP contribution in [-0.2, 0) is 4.79 Å². The lowest BCUT2D eigenvalue weighted by Crippen LogP contribution is -2.39. The fourth-order valence-corrected chi connectivity index (χ4v) is 4.08. The molecule has 2 amide bonds. The zero-order chi connectivity index (χ0) is 18.6. The fourth-order valence-electron chi connectivity index (χ4n) is 4.08. The van der Waals surface area contributed by atoms with Gasteiger partial charge in [-0.25, -0.2) is 0 Å². The van der Waals surface area contributed by atoms with Crippen LogP contribution in [0.25, 0.3) is 10.8 Å². The number of hydrogen-bond acceptors (Lipinski definition) is 3. The van der Waals surface area contributed by atoms with E-state index in [9.17, 15) is 9.59 Å². The second-order valence-electron chi connectivity index (χ2n) is 7.53. The Morgan fingerprint density at radius 1 is 0.852 bits per heavy atom. The number of carbonyl (C=O) groups is 2. The van der Waals surface area contributed by atoms with Crippen molar-refractivity contribution in [1.82, 2.24) is 14.7 Å². The van der Waals surface area contributed by atoms with Crippen molar-refractivity contribution in [3.8, 4) is 0 Å². The minimum Gasteiger partial charge on any atom is -0.340 e. The molecule has 0 spiro atoms. The number of carbonyl (C=O) groups excluding carboxylic acids is 2. The highest BCUT2D eigenvalue weighted by Gasteiger charge is 2.25. The topological polar surface area (TPSA) is 43.9 Å². The number of nitrogens with zero attached hydrogens (tertiary/aromatic N) is 3. The molecule has 0 bridgehead atoms. The van der Waals surface area contributed by atoms with Crippen LogP contribution in [0.5, 0.6) is 0 Å². The van der Waals surface area contributed by atoms with E-state index in [4.69, 9.17) is 0 Å². The molecule has 5 heteroatoms. The summed E-state index contributed by atoms with van der Waals surface area (Å²) in [5.74, 6) is 0.193. The predicted molar refractivity (Wildman–Crippen MR) is 107 cm³/mol. The summed E-state index contributed by atoms with van der Waals surface area (Å²) < 4.78 is 0. The van der Waals surface area contributed by atoms with Gasteiger partial charge in [0.1, 0.15) is 0 Å². The number of fused-ring (bicyclic) bond motifs is 1. The highest BCUT2D eigenvalue weighted by Crippen LogP contribution is 2.18. The number of amides is 2. The first-order valence-corrected chi connectivity index (χ1v) is 9.99. The van der Waals surface area contributed by atoms with Gasteiger partial charge in [-0.15, -0.1) is 0 Å². The maximum Gasteiger partial charge on any atom is 0.253 e. The molecule has 2 aliphatic rings. The Kier molecular flexibility index (Phi) is 5.39. The molecular formula is C22H27N3O2. The van der Waals surface area contributed by atoms with E-state index in [0.29, 0.717) is 31.6 Å². The third-order valence-electron chi connectivity index (χ3n) is 5.76. The lowest BCUT2D eigenvalue weighted by molar-refractivity contribution is -0.130. The van der Waals surface area contributed by atoms with Crippen molar-refractivity contribution in [2.45, 2.75) is 19.3 Å². The van der Waals surface area contributed by atoms with E-state index >= 15 is 0 Å². The summed E-state index contributed by atoms with van der Waals surface area (Å²) in [5.41, 5.74) is 0.701. The van der Waals surface area contributed by atoms with E-state index in [1.807, 2.05) is 52.3 Å². The van der Waals surface area contributed by atoms with Crippen LogP contribution >= 0.6 is 0 Å². The zero-order valence-electron chi connectivity index (χ0n) is 15.8. The van der Waals surface area contributed by atoms with E-state index in [-0.39, 0.29) is 11.8 Å². The van der Waals surface area contributed by atoms with Crippen molar-refractivity contribution >= 4 is 22.6 Å². The van der Waals surface area contributed by atoms with Gasteiger partial charge in [-0.3, -0.25) is 9.59 Å². The molecule has 0 N–H and O–H groups in total. The Hall–Kier alpha value is -2.40. The van der Waals surface area contributed by atoms with Crippen molar-refractivity contribution in [2.75, 3.05) is 45.8 Å². The molecule has 2 aromatic rings. The Morgan fingerprint density at radius 3 is 2.44 bits per heavy atom. The average Bonchev–Trinajstić information content (AvgIpc) is 3.15. The number of benzene rings is 2. The Balaban J connectivity index is 1.40. The van der Waals surface area contributed by atoms with Crippen LogP contribution in [0.2, 0.25) is 0 Å². The van der Waals surface area contributed by atoms with Crippen LogP contribution in [0.15, 0.2) is 42.5 Å². The summed E-state index contributed by atoms with van der Waals surface area (Å²) in [6.07, 6.45) is 2.95. The molecule has 2 fully saturated rings. The van der Waals surface area contributed by atoms with Crippen molar-refractivity contribution in [1.29, 1.82) is 0 Å². The summed E-state index contributed by atoms with van der Waals surface area (Å²) in [6.45, 7) is 5.76. The summed E-state index contributed by atoms with van der Waals surface area (Å²) in [7, 11) is 0. The smallest absolute Gasteiger partial charge is 0.253 e. The molecule has 0 aromatic heterocycles. The van der Waals surface area contributed by atoms with Crippen molar-refractivity contribution < 1.29 is 9.59 Å². The molecule has 5 nitrogen and oxygen atoms in total. The molecule has 0 radical (unpaired) electrons. The first-order valence-electron chi connectivity index (χ1n) is 9.99. The monoisotopic (exact) mass is 365 g/mol. The number of rotatable bonds is 4. The Morgan fingerprint density at radius 2 is 1.63 bits per heavy atom. The molecule has 2 heterocycles. The third-order valence-corrected chi connectivity index (χ3v) is 5.76. The normalized spacial score (nSPS) is 18.9. The van der Waals surface area contributed by atoms with Crippen LogP contribution in [0, 0.1) is 0 Å². The maximum absolute atomic E-state index is 13.0.